The van der Waals surface area contributed by atoms with Gasteiger partial charge in [-0.2, -0.15) is 0 Å². The zero-order valence-electron chi connectivity index (χ0n) is 8.21. The van der Waals surface area contributed by atoms with Gasteiger partial charge in [0, 0.05) is 23.0 Å². The first-order valence-electron chi connectivity index (χ1n) is 4.54. The molecule has 1 aromatic rings. The van der Waals surface area contributed by atoms with Crippen molar-refractivity contribution in [1.29, 1.82) is 0 Å². The molecule has 0 bridgehead atoms. The number of hydrogen-bond acceptors (Lipinski definition) is 2. The summed E-state index contributed by atoms with van der Waals surface area (Å²) in [6, 6.07) is 1.98. The minimum absolute atomic E-state index is 0.0652. The lowest BCUT2D eigenvalue weighted by Gasteiger charge is -2.14. The fraction of sp³-hybridized carbons (Fsp3) is 0.300. The van der Waals surface area contributed by atoms with Crippen molar-refractivity contribution in [3.05, 3.63) is 33.6 Å². The van der Waals surface area contributed by atoms with Gasteiger partial charge in [0.1, 0.15) is 5.82 Å². The van der Waals surface area contributed by atoms with Gasteiger partial charge in [0.25, 0.3) is 0 Å². The highest BCUT2D eigenvalue weighted by Crippen LogP contribution is 2.31. The molecule has 0 heterocycles. The van der Waals surface area contributed by atoms with E-state index >= 15 is 0 Å². The van der Waals surface area contributed by atoms with E-state index in [1.54, 1.807) is 0 Å². The number of carboxylic acids is 1. The smallest absolute Gasteiger partial charge is 0.303 e. The molecular formula is C10H10Cl2FNO2. The zero-order chi connectivity index (χ0) is 12.3. The van der Waals surface area contributed by atoms with Gasteiger partial charge >= 0.3 is 5.97 Å². The molecular weight excluding hydrogens is 256 g/mol. The SMILES string of the molecule is NC(CCC(=O)O)c1c(Cl)ccc(Cl)c1F. The average molecular weight is 266 g/mol. The second-order valence-electron chi connectivity index (χ2n) is 3.30. The van der Waals surface area contributed by atoms with Crippen molar-refractivity contribution in [2.45, 2.75) is 18.9 Å². The van der Waals surface area contributed by atoms with Gasteiger partial charge in [-0.1, -0.05) is 23.2 Å². The summed E-state index contributed by atoms with van der Waals surface area (Å²) in [5.74, 6) is -1.68. The zero-order valence-corrected chi connectivity index (χ0v) is 9.72. The second-order valence-corrected chi connectivity index (χ2v) is 4.11. The molecule has 1 atom stereocenters. The van der Waals surface area contributed by atoms with Crippen molar-refractivity contribution in [3.63, 3.8) is 0 Å². The van der Waals surface area contributed by atoms with Crippen LogP contribution in [0, 0.1) is 5.82 Å². The maximum Gasteiger partial charge on any atom is 0.303 e. The highest BCUT2D eigenvalue weighted by Gasteiger charge is 2.18. The quantitative estimate of drug-likeness (QED) is 0.823. The predicted octanol–water partition coefficient (Wildman–Crippen LogP) is 3.00. The Morgan fingerprint density at radius 2 is 2.00 bits per heavy atom. The lowest BCUT2D eigenvalue weighted by molar-refractivity contribution is -0.137. The van der Waals surface area contributed by atoms with Gasteiger partial charge in [-0.25, -0.2) is 4.39 Å². The topological polar surface area (TPSA) is 63.3 Å². The van der Waals surface area contributed by atoms with Crippen LogP contribution in [0.1, 0.15) is 24.4 Å². The van der Waals surface area contributed by atoms with E-state index in [0.29, 0.717) is 0 Å². The van der Waals surface area contributed by atoms with Crippen LogP contribution in [-0.4, -0.2) is 11.1 Å². The largest absolute Gasteiger partial charge is 0.481 e. The van der Waals surface area contributed by atoms with Gasteiger partial charge in [-0.3, -0.25) is 4.79 Å². The van der Waals surface area contributed by atoms with Crippen LogP contribution in [0.3, 0.4) is 0 Å². The van der Waals surface area contributed by atoms with Gasteiger partial charge in [-0.05, 0) is 18.6 Å². The number of rotatable bonds is 4. The first-order chi connectivity index (χ1) is 7.43. The number of carbonyl (C=O) groups is 1. The molecule has 3 nitrogen and oxygen atoms in total. The number of benzene rings is 1. The predicted molar refractivity (Wildman–Crippen MR) is 60.2 cm³/mol. The first-order valence-corrected chi connectivity index (χ1v) is 5.30. The summed E-state index contributed by atoms with van der Waals surface area (Å²) < 4.78 is 13.6. The lowest BCUT2D eigenvalue weighted by Crippen LogP contribution is -2.14. The number of carboxylic acid groups (broad SMARTS) is 1. The summed E-state index contributed by atoms with van der Waals surface area (Å²) in [5, 5.41) is 8.57. The monoisotopic (exact) mass is 265 g/mol. The van der Waals surface area contributed by atoms with Crippen molar-refractivity contribution in [2.75, 3.05) is 0 Å². The summed E-state index contributed by atoms with van der Waals surface area (Å²) in [6.07, 6.45) is -0.0459. The Morgan fingerprint density at radius 1 is 1.44 bits per heavy atom. The van der Waals surface area contributed by atoms with Crippen LogP contribution < -0.4 is 5.73 Å². The van der Waals surface area contributed by atoms with Crippen molar-refractivity contribution < 1.29 is 14.3 Å². The van der Waals surface area contributed by atoms with Gasteiger partial charge < -0.3 is 10.8 Å². The Balaban J connectivity index is 2.94. The third-order valence-corrected chi connectivity index (χ3v) is 2.74. The summed E-state index contributed by atoms with van der Waals surface area (Å²) in [5.41, 5.74) is 5.73. The summed E-state index contributed by atoms with van der Waals surface area (Å²) in [6.45, 7) is 0. The van der Waals surface area contributed by atoms with E-state index in [9.17, 15) is 9.18 Å². The van der Waals surface area contributed by atoms with Crippen molar-refractivity contribution >= 4 is 29.2 Å². The first kappa shape index (κ1) is 13.2. The number of aliphatic carboxylic acids is 1. The molecule has 16 heavy (non-hydrogen) atoms. The molecule has 3 N–H and O–H groups in total. The molecule has 88 valence electrons. The molecule has 0 aliphatic carbocycles. The summed E-state index contributed by atoms with van der Waals surface area (Å²) >= 11 is 11.4. The normalized spacial score (nSPS) is 12.5. The van der Waals surface area contributed by atoms with Crippen LogP contribution in [0.15, 0.2) is 12.1 Å². The van der Waals surface area contributed by atoms with Crippen LogP contribution in [0.25, 0.3) is 0 Å². The molecule has 0 aromatic heterocycles. The van der Waals surface area contributed by atoms with Gasteiger partial charge in [0.05, 0.1) is 5.02 Å². The van der Waals surface area contributed by atoms with Crippen LogP contribution in [0.4, 0.5) is 4.39 Å². The van der Waals surface area contributed by atoms with E-state index in [2.05, 4.69) is 0 Å². The van der Waals surface area contributed by atoms with Crippen LogP contribution >= 0.6 is 23.2 Å². The van der Waals surface area contributed by atoms with Crippen LogP contribution in [0.5, 0.6) is 0 Å². The maximum absolute atomic E-state index is 13.6. The fourth-order valence-corrected chi connectivity index (χ4v) is 1.76. The van der Waals surface area contributed by atoms with Crippen molar-refractivity contribution in [2.24, 2.45) is 5.73 Å². The number of nitrogens with two attached hydrogens (primary N) is 1. The molecule has 1 aromatic carbocycles. The third-order valence-electron chi connectivity index (χ3n) is 2.12. The lowest BCUT2D eigenvalue weighted by atomic mass is 10.0. The minimum atomic E-state index is -0.992. The molecule has 0 amide bonds. The number of halogens is 3. The summed E-state index contributed by atoms with van der Waals surface area (Å²) in [4.78, 5) is 10.4. The molecule has 0 aliphatic heterocycles. The Kier molecular flexibility index (Phi) is 4.53. The van der Waals surface area contributed by atoms with E-state index in [1.165, 1.54) is 12.1 Å². The second kappa shape index (κ2) is 5.48. The molecule has 0 saturated heterocycles. The molecule has 0 saturated carbocycles. The molecule has 0 aliphatic rings. The molecule has 6 heteroatoms. The Morgan fingerprint density at radius 3 is 2.56 bits per heavy atom. The van der Waals surface area contributed by atoms with E-state index < -0.39 is 17.8 Å². The molecule has 0 spiro atoms. The van der Waals surface area contributed by atoms with E-state index in [0.717, 1.165) is 0 Å². The fourth-order valence-electron chi connectivity index (χ4n) is 1.31. The Bertz CT molecular complexity index is 412. The molecule has 1 unspecified atom stereocenters. The van der Waals surface area contributed by atoms with Gasteiger partial charge in [-0.15, -0.1) is 0 Å². The average Bonchev–Trinajstić information content (AvgIpc) is 2.21. The third kappa shape index (κ3) is 3.07. The maximum atomic E-state index is 13.6. The van der Waals surface area contributed by atoms with Crippen LogP contribution in [-0.2, 0) is 4.79 Å². The molecule has 0 radical (unpaired) electrons. The van der Waals surface area contributed by atoms with Crippen molar-refractivity contribution in [3.8, 4) is 0 Å². The highest BCUT2D eigenvalue weighted by atomic mass is 35.5. The highest BCUT2D eigenvalue weighted by molar-refractivity contribution is 6.33. The van der Waals surface area contributed by atoms with Crippen LogP contribution in [0.2, 0.25) is 10.0 Å². The Hall–Kier alpha value is -0.840. The van der Waals surface area contributed by atoms with E-state index in [-0.39, 0.29) is 28.5 Å². The molecule has 1 rings (SSSR count). The van der Waals surface area contributed by atoms with Gasteiger partial charge in [0.15, 0.2) is 0 Å². The summed E-state index contributed by atoms with van der Waals surface area (Å²) in [7, 11) is 0. The van der Waals surface area contributed by atoms with Crippen molar-refractivity contribution in [1.82, 2.24) is 0 Å². The standard InChI is InChI=1S/C10H10Cl2FNO2/c11-5-1-2-6(12)10(13)9(5)7(14)3-4-8(15)16/h1-2,7H,3-4,14H2,(H,15,16). The molecule has 0 fully saturated rings. The minimum Gasteiger partial charge on any atom is -0.481 e. The van der Waals surface area contributed by atoms with E-state index in [1.807, 2.05) is 0 Å². The van der Waals surface area contributed by atoms with E-state index in [4.69, 9.17) is 34.0 Å². The number of hydrogen-bond donors (Lipinski definition) is 2. The van der Waals surface area contributed by atoms with Gasteiger partial charge in [0.2, 0.25) is 0 Å². The Labute approximate surface area is 102 Å².